The maximum absolute atomic E-state index is 5.78. The van der Waals surface area contributed by atoms with Crippen molar-refractivity contribution in [1.29, 1.82) is 0 Å². The van der Waals surface area contributed by atoms with Crippen LogP contribution in [0.3, 0.4) is 0 Å². The van der Waals surface area contributed by atoms with Crippen molar-refractivity contribution in [3.63, 3.8) is 0 Å². The quantitative estimate of drug-likeness (QED) is 0.470. The lowest BCUT2D eigenvalue weighted by molar-refractivity contribution is 0.0822. The molecule has 0 aromatic heterocycles. The number of nitrogens with two attached hydrogens (primary N) is 1. The molecule has 0 aromatic carbocycles. The fourth-order valence-corrected chi connectivity index (χ4v) is 2.08. The van der Waals surface area contributed by atoms with Crippen molar-refractivity contribution in [3.8, 4) is 0 Å². The molecule has 0 amide bonds. The molecule has 3 fully saturated rings. The van der Waals surface area contributed by atoms with Gasteiger partial charge in [-0.1, -0.05) is 0 Å². The van der Waals surface area contributed by atoms with Crippen LogP contribution in [0.2, 0.25) is 0 Å². The molecule has 2 bridgehead atoms. The molecule has 2 nitrogen and oxygen atoms in total. The lowest BCUT2D eigenvalue weighted by Gasteiger charge is -2.43. The lowest BCUT2D eigenvalue weighted by atomic mass is 9.99. The average Bonchev–Trinajstić information content (AvgIpc) is 2.26. The van der Waals surface area contributed by atoms with Crippen molar-refractivity contribution >= 4 is 0 Å². The van der Waals surface area contributed by atoms with Crippen molar-refractivity contribution in [2.75, 3.05) is 7.05 Å². The highest BCUT2D eigenvalue weighted by Crippen LogP contribution is 2.37. The third kappa shape index (κ3) is 0.327. The maximum atomic E-state index is 5.78. The van der Waals surface area contributed by atoms with Gasteiger partial charge in [0.2, 0.25) is 0 Å². The maximum Gasteiger partial charge on any atom is 0.0355 e. The van der Waals surface area contributed by atoms with Crippen molar-refractivity contribution in [3.05, 3.63) is 0 Å². The highest BCUT2D eigenvalue weighted by molar-refractivity contribution is 5.08. The van der Waals surface area contributed by atoms with Gasteiger partial charge in [0.15, 0.2) is 0 Å². The molecule has 0 aromatic rings. The topological polar surface area (TPSA) is 29.3 Å². The average molecular weight is 112 g/mol. The van der Waals surface area contributed by atoms with Gasteiger partial charge >= 0.3 is 0 Å². The lowest BCUT2D eigenvalue weighted by Crippen LogP contribution is -2.63. The number of rotatable bonds is 0. The van der Waals surface area contributed by atoms with E-state index in [1.807, 2.05) is 0 Å². The van der Waals surface area contributed by atoms with Crippen LogP contribution in [-0.4, -0.2) is 30.1 Å². The van der Waals surface area contributed by atoms with Crippen LogP contribution in [0.15, 0.2) is 0 Å². The molecule has 46 valence electrons. The van der Waals surface area contributed by atoms with Crippen LogP contribution in [0, 0.1) is 0 Å². The monoisotopic (exact) mass is 112 g/mol. The molecule has 3 aliphatic rings. The van der Waals surface area contributed by atoms with E-state index in [1.165, 1.54) is 12.8 Å². The standard InChI is InChI=1S/C6H12N2/c1-8-4-2-3-5(8)6(4)7/h4-6H,2-3,7H2,1H3. The first-order valence-corrected chi connectivity index (χ1v) is 3.28. The zero-order chi connectivity index (χ0) is 5.72. The fraction of sp³-hybridized carbons (Fsp3) is 1.00. The SMILES string of the molecule is CN1C2CCC1C2N. The van der Waals surface area contributed by atoms with Crippen molar-refractivity contribution in [1.82, 2.24) is 4.90 Å². The second kappa shape index (κ2) is 1.25. The molecular weight excluding hydrogens is 100 g/mol. The summed E-state index contributed by atoms with van der Waals surface area (Å²) in [4.78, 5) is 2.39. The van der Waals surface area contributed by atoms with Crippen LogP contribution >= 0.6 is 0 Å². The Kier molecular flexibility index (Phi) is 0.746. The highest BCUT2D eigenvalue weighted by atomic mass is 15.3. The van der Waals surface area contributed by atoms with Gasteiger partial charge in [0.1, 0.15) is 0 Å². The van der Waals surface area contributed by atoms with Crippen molar-refractivity contribution in [2.45, 2.75) is 31.0 Å². The number of hydrogen-bond acceptors (Lipinski definition) is 2. The molecule has 0 radical (unpaired) electrons. The van der Waals surface area contributed by atoms with E-state index in [2.05, 4.69) is 11.9 Å². The summed E-state index contributed by atoms with van der Waals surface area (Å²) in [5.41, 5.74) is 5.78. The Morgan fingerprint density at radius 3 is 2.00 bits per heavy atom. The van der Waals surface area contributed by atoms with Gasteiger partial charge in [0.05, 0.1) is 0 Å². The van der Waals surface area contributed by atoms with E-state index in [0.717, 1.165) is 12.1 Å². The van der Waals surface area contributed by atoms with E-state index in [0.29, 0.717) is 6.04 Å². The van der Waals surface area contributed by atoms with Gasteiger partial charge in [-0.15, -0.1) is 0 Å². The van der Waals surface area contributed by atoms with Gasteiger partial charge in [0.25, 0.3) is 0 Å². The Morgan fingerprint density at radius 2 is 1.88 bits per heavy atom. The molecular formula is C6H12N2. The summed E-state index contributed by atoms with van der Waals surface area (Å²) < 4.78 is 0. The summed E-state index contributed by atoms with van der Waals surface area (Å²) in [6.45, 7) is 0. The van der Waals surface area contributed by atoms with E-state index in [-0.39, 0.29) is 0 Å². The van der Waals surface area contributed by atoms with Gasteiger partial charge in [-0.2, -0.15) is 0 Å². The van der Waals surface area contributed by atoms with Crippen LogP contribution in [0.1, 0.15) is 12.8 Å². The third-order valence-electron chi connectivity index (χ3n) is 2.69. The number of nitrogens with zero attached hydrogens (tertiary/aromatic N) is 1. The summed E-state index contributed by atoms with van der Waals surface area (Å²) in [6.07, 6.45) is 2.67. The molecule has 8 heavy (non-hydrogen) atoms. The van der Waals surface area contributed by atoms with Crippen LogP contribution in [0.5, 0.6) is 0 Å². The molecule has 1 aliphatic carbocycles. The Bertz CT molecular complexity index is 91.1. The van der Waals surface area contributed by atoms with Crippen molar-refractivity contribution < 1.29 is 0 Å². The smallest absolute Gasteiger partial charge is 0.0355 e. The summed E-state index contributed by atoms with van der Waals surface area (Å²) in [5, 5.41) is 0. The van der Waals surface area contributed by atoms with Crippen LogP contribution < -0.4 is 5.73 Å². The molecule has 3 rings (SSSR count). The molecule has 2 atom stereocenters. The Labute approximate surface area is 49.7 Å². The first-order chi connectivity index (χ1) is 3.80. The zero-order valence-electron chi connectivity index (χ0n) is 5.17. The van der Waals surface area contributed by atoms with Crippen LogP contribution in [0.4, 0.5) is 0 Å². The first-order valence-electron chi connectivity index (χ1n) is 3.28. The normalized spacial score (nSPS) is 54.0. The minimum Gasteiger partial charge on any atom is -0.325 e. The second-order valence-electron chi connectivity index (χ2n) is 2.95. The largest absolute Gasteiger partial charge is 0.325 e. The molecule has 2 N–H and O–H groups in total. The van der Waals surface area contributed by atoms with E-state index in [4.69, 9.17) is 5.73 Å². The minimum absolute atomic E-state index is 0.514. The number of hydrogen-bond donors (Lipinski definition) is 1. The summed E-state index contributed by atoms with van der Waals surface area (Å²) in [6, 6.07) is 1.99. The first kappa shape index (κ1) is 4.77. The van der Waals surface area contributed by atoms with E-state index >= 15 is 0 Å². The Balaban J connectivity index is 2.15. The van der Waals surface area contributed by atoms with Crippen LogP contribution in [-0.2, 0) is 0 Å². The molecule has 2 aliphatic heterocycles. The minimum atomic E-state index is 0.514. The Hall–Kier alpha value is -0.0800. The predicted molar refractivity (Wildman–Crippen MR) is 32.5 cm³/mol. The number of fused-ring (bicyclic) bond motifs is 1. The molecule has 1 saturated carbocycles. The summed E-state index contributed by atoms with van der Waals surface area (Å²) in [7, 11) is 2.17. The molecule has 2 unspecified atom stereocenters. The third-order valence-corrected chi connectivity index (χ3v) is 2.69. The molecule has 2 heterocycles. The Morgan fingerprint density at radius 1 is 1.38 bits per heavy atom. The van der Waals surface area contributed by atoms with Gasteiger partial charge in [0, 0.05) is 18.1 Å². The summed E-state index contributed by atoms with van der Waals surface area (Å²) >= 11 is 0. The van der Waals surface area contributed by atoms with Gasteiger partial charge in [-0.3, -0.25) is 4.90 Å². The highest BCUT2D eigenvalue weighted by Gasteiger charge is 2.49. The van der Waals surface area contributed by atoms with Crippen LogP contribution in [0.25, 0.3) is 0 Å². The molecule has 0 spiro atoms. The van der Waals surface area contributed by atoms with Gasteiger partial charge in [-0.25, -0.2) is 0 Å². The van der Waals surface area contributed by atoms with Crippen molar-refractivity contribution in [2.24, 2.45) is 5.73 Å². The van der Waals surface area contributed by atoms with Gasteiger partial charge in [-0.05, 0) is 19.9 Å². The second-order valence-corrected chi connectivity index (χ2v) is 2.95. The van der Waals surface area contributed by atoms with E-state index in [1.54, 1.807) is 0 Å². The van der Waals surface area contributed by atoms with E-state index in [9.17, 15) is 0 Å². The number of likely N-dealkylation sites (N-methyl/N-ethyl adjacent to an activating group) is 1. The molecule has 2 saturated heterocycles. The fourth-order valence-electron chi connectivity index (χ4n) is 2.08. The van der Waals surface area contributed by atoms with Gasteiger partial charge < -0.3 is 5.73 Å². The molecule has 2 heteroatoms. The summed E-state index contributed by atoms with van der Waals surface area (Å²) in [5.74, 6) is 0. The van der Waals surface area contributed by atoms with E-state index < -0.39 is 0 Å². The predicted octanol–water partition coefficient (Wildman–Crippen LogP) is -0.210. The zero-order valence-corrected chi connectivity index (χ0v) is 5.17.